The van der Waals surface area contributed by atoms with Crippen molar-refractivity contribution in [2.45, 2.75) is 0 Å². The van der Waals surface area contributed by atoms with Gasteiger partial charge in [-0.3, -0.25) is 0 Å². The Bertz CT molecular complexity index is 1550. The van der Waals surface area contributed by atoms with E-state index in [9.17, 15) is 0 Å². The average molecular weight is 512 g/mol. The van der Waals surface area contributed by atoms with Crippen molar-refractivity contribution in [2.75, 3.05) is 0 Å². The molecule has 0 radical (unpaired) electrons. The van der Waals surface area contributed by atoms with Gasteiger partial charge >= 0.3 is 0 Å². The topological polar surface area (TPSA) is 0 Å². The molecule has 0 saturated heterocycles. The lowest BCUT2D eigenvalue weighted by atomic mass is 9.92. The molecule has 142 valence electrons. The summed E-state index contributed by atoms with van der Waals surface area (Å²) in [7, 11) is 0. The van der Waals surface area contributed by atoms with Gasteiger partial charge in [0, 0.05) is 8.95 Å². The van der Waals surface area contributed by atoms with Crippen molar-refractivity contribution in [3.63, 3.8) is 0 Å². The third kappa shape index (κ3) is 2.71. The molecule has 0 aromatic heterocycles. The fourth-order valence-electron chi connectivity index (χ4n) is 4.67. The second-order valence-electron chi connectivity index (χ2n) is 7.64. The fourth-order valence-corrected chi connectivity index (χ4v) is 5.29. The highest BCUT2D eigenvalue weighted by Crippen LogP contribution is 2.47. The molecule has 0 heterocycles. The van der Waals surface area contributed by atoms with Crippen LogP contribution in [0.5, 0.6) is 0 Å². The highest BCUT2D eigenvalue weighted by atomic mass is 79.9. The van der Waals surface area contributed by atoms with Crippen LogP contribution in [-0.2, 0) is 0 Å². The fraction of sp³-hybridized carbons (Fsp3) is 0. The van der Waals surface area contributed by atoms with Gasteiger partial charge in [-0.05, 0) is 84.9 Å². The van der Waals surface area contributed by atoms with Crippen LogP contribution < -0.4 is 0 Å². The van der Waals surface area contributed by atoms with E-state index in [2.05, 4.69) is 129 Å². The normalized spacial score (nSPS) is 11.7. The van der Waals surface area contributed by atoms with Gasteiger partial charge in [0.25, 0.3) is 0 Å². The molecule has 0 unspecified atom stereocenters. The largest absolute Gasteiger partial charge is 0.0616 e. The van der Waals surface area contributed by atoms with E-state index in [0.29, 0.717) is 0 Å². The van der Waals surface area contributed by atoms with Gasteiger partial charge < -0.3 is 0 Å². The molecule has 2 aliphatic rings. The van der Waals surface area contributed by atoms with Crippen LogP contribution >= 0.6 is 31.9 Å². The molecule has 0 bridgehead atoms. The molecule has 0 saturated carbocycles. The van der Waals surface area contributed by atoms with E-state index in [-0.39, 0.29) is 0 Å². The maximum Gasteiger partial charge on any atom is 0.0181 e. The van der Waals surface area contributed by atoms with Crippen LogP contribution in [0.2, 0.25) is 0 Å². The number of halogens is 2. The Labute approximate surface area is 191 Å². The van der Waals surface area contributed by atoms with Gasteiger partial charge in [0.1, 0.15) is 0 Å². The molecule has 0 fully saturated rings. The first-order chi connectivity index (χ1) is 14.7. The molecule has 0 N–H and O–H groups in total. The molecule has 4 aromatic carbocycles. The van der Waals surface area contributed by atoms with Crippen LogP contribution in [0.4, 0.5) is 0 Å². The first-order valence-corrected chi connectivity index (χ1v) is 11.5. The van der Waals surface area contributed by atoms with Crippen LogP contribution in [0, 0.1) is 0 Å². The van der Waals surface area contributed by atoms with Gasteiger partial charge in [-0.1, -0.05) is 98.6 Å². The van der Waals surface area contributed by atoms with Crippen molar-refractivity contribution in [3.05, 3.63) is 106 Å². The Balaban J connectivity index is 1.89. The smallest absolute Gasteiger partial charge is 0.0181 e. The highest BCUT2D eigenvalue weighted by molar-refractivity contribution is 9.10. The number of hydrogen-bond donors (Lipinski definition) is 0. The van der Waals surface area contributed by atoms with Crippen molar-refractivity contribution in [1.29, 1.82) is 0 Å². The zero-order chi connectivity index (χ0) is 20.2. The summed E-state index contributed by atoms with van der Waals surface area (Å²) in [6.45, 7) is 0. The molecule has 2 heteroatoms. The van der Waals surface area contributed by atoms with Crippen molar-refractivity contribution in [1.82, 2.24) is 0 Å². The van der Waals surface area contributed by atoms with Gasteiger partial charge in [0.05, 0.1) is 0 Å². The van der Waals surface area contributed by atoms with Crippen LogP contribution in [0.3, 0.4) is 0 Å². The lowest BCUT2D eigenvalue weighted by molar-refractivity contribution is 1.62. The Hall–Kier alpha value is -2.68. The molecular formula is C28H16Br2. The molecule has 6 rings (SSSR count). The first kappa shape index (κ1) is 18.1. The SMILES string of the molecule is Brc1ccc(-c2ccccc3cc4c5cc(Br)ccc5c5ccccc5c4c2-3)cc1. The molecule has 0 aliphatic heterocycles. The van der Waals surface area contributed by atoms with E-state index in [1.165, 1.54) is 54.6 Å². The Morgan fingerprint density at radius 3 is 1.93 bits per heavy atom. The molecule has 30 heavy (non-hydrogen) atoms. The van der Waals surface area contributed by atoms with Crippen molar-refractivity contribution in [2.24, 2.45) is 0 Å². The Morgan fingerprint density at radius 1 is 0.433 bits per heavy atom. The molecule has 0 spiro atoms. The summed E-state index contributed by atoms with van der Waals surface area (Å²) in [5.41, 5.74) is 5.07. The zero-order valence-electron chi connectivity index (χ0n) is 16.0. The summed E-state index contributed by atoms with van der Waals surface area (Å²) >= 11 is 7.26. The number of fused-ring (bicyclic) bond motifs is 8. The van der Waals surface area contributed by atoms with Crippen LogP contribution in [0.15, 0.2) is 106 Å². The van der Waals surface area contributed by atoms with Crippen LogP contribution in [0.1, 0.15) is 0 Å². The maximum atomic E-state index is 3.69. The third-order valence-electron chi connectivity index (χ3n) is 5.94. The quantitative estimate of drug-likeness (QED) is 0.193. The summed E-state index contributed by atoms with van der Waals surface area (Å²) in [5, 5.41) is 7.84. The van der Waals surface area contributed by atoms with Gasteiger partial charge in [-0.15, -0.1) is 0 Å². The van der Waals surface area contributed by atoms with Gasteiger partial charge in [0.2, 0.25) is 0 Å². The third-order valence-corrected chi connectivity index (χ3v) is 6.96. The predicted octanol–water partition coefficient (Wildman–Crippen LogP) is 9.44. The van der Waals surface area contributed by atoms with Gasteiger partial charge in [-0.25, -0.2) is 0 Å². The number of hydrogen-bond acceptors (Lipinski definition) is 0. The predicted molar refractivity (Wildman–Crippen MR) is 136 cm³/mol. The maximum absolute atomic E-state index is 3.69. The minimum Gasteiger partial charge on any atom is -0.0616 e. The molecule has 0 nitrogen and oxygen atoms in total. The minimum absolute atomic E-state index is 1.09. The summed E-state index contributed by atoms with van der Waals surface area (Å²) in [4.78, 5) is 0. The van der Waals surface area contributed by atoms with Gasteiger partial charge in [0.15, 0.2) is 0 Å². The standard InChI is InChI=1S/C28H16Br2/c29-19-11-9-17(10-12-19)21-6-2-1-5-18-15-26-25-16-20(30)13-14-23(25)22-7-3-4-8-24(22)28(26)27(18)21/h1-16H. The molecule has 0 atom stereocenters. The van der Waals surface area contributed by atoms with E-state index in [0.717, 1.165) is 8.95 Å². The summed E-state index contributed by atoms with van der Waals surface area (Å²) in [5.74, 6) is 0. The van der Waals surface area contributed by atoms with Gasteiger partial charge in [-0.2, -0.15) is 0 Å². The highest BCUT2D eigenvalue weighted by Gasteiger charge is 2.19. The van der Waals surface area contributed by atoms with Crippen molar-refractivity contribution < 1.29 is 0 Å². The van der Waals surface area contributed by atoms with E-state index < -0.39 is 0 Å². The van der Waals surface area contributed by atoms with E-state index in [1.54, 1.807) is 0 Å². The number of benzene rings is 4. The molecular weight excluding hydrogens is 496 g/mol. The zero-order valence-corrected chi connectivity index (χ0v) is 19.2. The van der Waals surface area contributed by atoms with E-state index >= 15 is 0 Å². The van der Waals surface area contributed by atoms with E-state index in [1.807, 2.05) is 0 Å². The molecule has 2 aliphatic carbocycles. The van der Waals surface area contributed by atoms with Crippen molar-refractivity contribution >= 4 is 64.2 Å². The van der Waals surface area contributed by atoms with Crippen LogP contribution in [-0.4, -0.2) is 0 Å². The first-order valence-electron chi connectivity index (χ1n) is 9.92. The van der Waals surface area contributed by atoms with Crippen LogP contribution in [0.25, 0.3) is 54.6 Å². The lowest BCUT2D eigenvalue weighted by Gasteiger charge is -2.11. The second kappa shape index (κ2) is 6.94. The Kier molecular flexibility index (Phi) is 4.19. The summed E-state index contributed by atoms with van der Waals surface area (Å²) in [6, 6.07) is 35.1. The lowest BCUT2D eigenvalue weighted by Crippen LogP contribution is -1.83. The Morgan fingerprint density at radius 2 is 1.10 bits per heavy atom. The summed E-state index contributed by atoms with van der Waals surface area (Å²) in [6.07, 6.45) is 0. The van der Waals surface area contributed by atoms with Crippen molar-refractivity contribution in [3.8, 4) is 22.3 Å². The molecule has 0 amide bonds. The monoisotopic (exact) mass is 510 g/mol. The number of rotatable bonds is 1. The minimum atomic E-state index is 1.09. The second-order valence-corrected chi connectivity index (χ2v) is 9.47. The average Bonchev–Trinajstić information content (AvgIpc) is 3.02. The summed E-state index contributed by atoms with van der Waals surface area (Å²) < 4.78 is 2.20. The molecule has 4 aromatic rings. The van der Waals surface area contributed by atoms with E-state index in [4.69, 9.17) is 0 Å².